The minimum atomic E-state index is -1.07. The SMILES string of the molecule is CCCCN(C(=O)CNC(=O)OC(C)(C)C)C(C(=O)Nc1c(C)cccc1Cl)c1cccc(O)c1. The van der Waals surface area contributed by atoms with Gasteiger partial charge >= 0.3 is 6.09 Å². The van der Waals surface area contributed by atoms with Crippen LogP contribution >= 0.6 is 11.6 Å². The number of hydrogen-bond acceptors (Lipinski definition) is 5. The molecule has 2 rings (SSSR count). The van der Waals surface area contributed by atoms with Crippen molar-refractivity contribution in [1.82, 2.24) is 10.2 Å². The van der Waals surface area contributed by atoms with Gasteiger partial charge in [-0.1, -0.05) is 49.2 Å². The van der Waals surface area contributed by atoms with E-state index in [2.05, 4.69) is 10.6 Å². The number of hydrogen-bond donors (Lipinski definition) is 3. The summed E-state index contributed by atoms with van der Waals surface area (Å²) in [7, 11) is 0. The summed E-state index contributed by atoms with van der Waals surface area (Å²) in [5.74, 6) is -0.999. The number of benzene rings is 2. The number of unbranched alkanes of at least 4 members (excludes halogenated alkanes) is 1. The number of phenolic OH excluding ortho intramolecular Hbond substituents is 1. The van der Waals surface area contributed by atoms with Crippen LogP contribution in [0.25, 0.3) is 0 Å². The highest BCUT2D eigenvalue weighted by Gasteiger charge is 2.32. The zero-order valence-corrected chi connectivity index (χ0v) is 21.6. The zero-order valence-electron chi connectivity index (χ0n) is 20.9. The molecule has 8 nitrogen and oxygen atoms in total. The number of phenols is 1. The maximum Gasteiger partial charge on any atom is 0.408 e. The molecule has 1 unspecified atom stereocenters. The average Bonchev–Trinajstić information content (AvgIpc) is 2.76. The lowest BCUT2D eigenvalue weighted by atomic mass is 10.0. The van der Waals surface area contributed by atoms with Crippen molar-refractivity contribution in [3.05, 3.63) is 58.6 Å². The van der Waals surface area contributed by atoms with Crippen LogP contribution in [0.15, 0.2) is 42.5 Å². The van der Waals surface area contributed by atoms with Gasteiger partial charge in [0, 0.05) is 6.54 Å². The van der Waals surface area contributed by atoms with Crippen LogP contribution < -0.4 is 10.6 Å². The Balaban J connectivity index is 2.39. The molecular formula is C26H34ClN3O5. The number of rotatable bonds is 9. The topological polar surface area (TPSA) is 108 Å². The Labute approximate surface area is 211 Å². The number of ether oxygens (including phenoxy) is 1. The van der Waals surface area contributed by atoms with E-state index >= 15 is 0 Å². The molecule has 3 amide bonds. The molecule has 2 aromatic rings. The number of nitrogens with zero attached hydrogens (tertiary/aromatic N) is 1. The number of carbonyl (C=O) groups is 3. The van der Waals surface area contributed by atoms with E-state index in [1.54, 1.807) is 45.0 Å². The van der Waals surface area contributed by atoms with Crippen molar-refractivity contribution in [1.29, 1.82) is 0 Å². The molecule has 0 bridgehead atoms. The van der Waals surface area contributed by atoms with Gasteiger partial charge in [0.05, 0.1) is 10.7 Å². The second-order valence-electron chi connectivity index (χ2n) is 9.21. The summed E-state index contributed by atoms with van der Waals surface area (Å²) in [5, 5.41) is 15.8. The van der Waals surface area contributed by atoms with Crippen LogP contribution in [0.3, 0.4) is 0 Å². The van der Waals surface area contributed by atoms with Gasteiger partial charge in [0.1, 0.15) is 23.9 Å². The third kappa shape index (κ3) is 8.47. The van der Waals surface area contributed by atoms with Gasteiger partial charge in [0.2, 0.25) is 5.91 Å². The second-order valence-corrected chi connectivity index (χ2v) is 9.62. The molecule has 0 saturated carbocycles. The average molecular weight is 504 g/mol. The van der Waals surface area contributed by atoms with E-state index in [9.17, 15) is 19.5 Å². The van der Waals surface area contributed by atoms with Crippen molar-refractivity contribution in [3.8, 4) is 5.75 Å². The minimum Gasteiger partial charge on any atom is -0.508 e. The molecule has 0 aromatic heterocycles. The predicted molar refractivity (Wildman–Crippen MR) is 137 cm³/mol. The molecule has 190 valence electrons. The molecule has 0 saturated heterocycles. The molecule has 1 atom stereocenters. The van der Waals surface area contributed by atoms with Crippen molar-refractivity contribution in [2.75, 3.05) is 18.4 Å². The van der Waals surface area contributed by atoms with Gasteiger partial charge in [0.25, 0.3) is 5.91 Å². The van der Waals surface area contributed by atoms with Gasteiger partial charge in [0.15, 0.2) is 0 Å². The molecule has 0 radical (unpaired) electrons. The lowest BCUT2D eigenvalue weighted by Crippen LogP contribution is -2.47. The van der Waals surface area contributed by atoms with Gasteiger partial charge in [-0.25, -0.2) is 4.79 Å². The zero-order chi connectivity index (χ0) is 26.2. The van der Waals surface area contributed by atoms with Gasteiger partial charge < -0.3 is 25.4 Å². The lowest BCUT2D eigenvalue weighted by molar-refractivity contribution is -0.138. The van der Waals surface area contributed by atoms with Crippen molar-refractivity contribution in [2.24, 2.45) is 0 Å². The molecule has 3 N–H and O–H groups in total. The Kier molecular flexibility index (Phi) is 9.95. The first-order chi connectivity index (χ1) is 16.4. The maximum absolute atomic E-state index is 13.6. The summed E-state index contributed by atoms with van der Waals surface area (Å²) < 4.78 is 5.21. The third-order valence-corrected chi connectivity index (χ3v) is 5.39. The number of aryl methyl sites for hydroxylation is 1. The fourth-order valence-electron chi connectivity index (χ4n) is 3.44. The lowest BCUT2D eigenvalue weighted by Gasteiger charge is -2.32. The van der Waals surface area contributed by atoms with E-state index in [1.807, 2.05) is 19.9 Å². The normalized spacial score (nSPS) is 11.9. The van der Waals surface area contributed by atoms with Gasteiger partial charge in [-0.15, -0.1) is 0 Å². The summed E-state index contributed by atoms with van der Waals surface area (Å²) in [5.41, 5.74) is 0.915. The second kappa shape index (κ2) is 12.4. The summed E-state index contributed by atoms with van der Waals surface area (Å²) in [6, 6.07) is 10.4. The number of aromatic hydroxyl groups is 1. The first-order valence-corrected chi connectivity index (χ1v) is 11.9. The van der Waals surface area contributed by atoms with Crippen LogP contribution in [0.1, 0.15) is 57.7 Å². The first-order valence-electron chi connectivity index (χ1n) is 11.5. The Hall–Kier alpha value is -3.26. The van der Waals surface area contributed by atoms with Gasteiger partial charge in [-0.05, 0) is 63.4 Å². The standard InChI is InChI=1S/C26H34ClN3O5/c1-6-7-14-30(21(32)16-28-25(34)35-26(3,4)5)23(18-11-9-12-19(31)15-18)24(33)29-22-17(2)10-8-13-20(22)27/h8-13,15,23,31H,6-7,14,16H2,1-5H3,(H,28,34)(H,29,33). The van der Waals surface area contributed by atoms with E-state index in [1.165, 1.54) is 17.0 Å². The number of nitrogens with one attached hydrogen (secondary N) is 2. The van der Waals surface area contributed by atoms with Crippen molar-refractivity contribution in [3.63, 3.8) is 0 Å². The van der Waals surface area contributed by atoms with Crippen LogP contribution in [0, 0.1) is 6.92 Å². The van der Waals surface area contributed by atoms with Crippen LogP contribution in [0.5, 0.6) is 5.75 Å². The highest BCUT2D eigenvalue weighted by Crippen LogP contribution is 2.30. The van der Waals surface area contributed by atoms with Crippen molar-refractivity contribution < 1.29 is 24.2 Å². The molecule has 0 fully saturated rings. The Morgan fingerprint density at radius 3 is 2.43 bits per heavy atom. The number of halogens is 1. The van der Waals surface area contributed by atoms with Gasteiger partial charge in [-0.3, -0.25) is 9.59 Å². The van der Waals surface area contributed by atoms with Crippen molar-refractivity contribution >= 4 is 35.2 Å². The predicted octanol–water partition coefficient (Wildman–Crippen LogP) is 5.19. The van der Waals surface area contributed by atoms with Crippen LogP contribution in [-0.4, -0.2) is 46.6 Å². The fourth-order valence-corrected chi connectivity index (χ4v) is 3.71. The number of alkyl carbamates (subject to hydrolysis) is 1. The summed E-state index contributed by atoms with van der Waals surface area (Å²) >= 11 is 6.32. The first kappa shape index (κ1) is 28.0. The summed E-state index contributed by atoms with van der Waals surface area (Å²) in [4.78, 5) is 40.4. The molecule has 0 aliphatic heterocycles. The molecule has 0 aliphatic rings. The molecule has 35 heavy (non-hydrogen) atoms. The number of para-hydroxylation sites is 1. The highest BCUT2D eigenvalue weighted by molar-refractivity contribution is 6.34. The molecule has 0 spiro atoms. The van der Waals surface area contributed by atoms with Crippen LogP contribution in [0.4, 0.5) is 10.5 Å². The van der Waals surface area contributed by atoms with E-state index in [-0.39, 0.29) is 18.8 Å². The molecular weight excluding hydrogens is 470 g/mol. The van der Waals surface area contributed by atoms with Gasteiger partial charge in [-0.2, -0.15) is 0 Å². The minimum absolute atomic E-state index is 0.0380. The monoisotopic (exact) mass is 503 g/mol. The molecule has 9 heteroatoms. The number of amides is 3. The number of carbonyl (C=O) groups excluding carboxylic acids is 3. The molecule has 0 heterocycles. The number of anilines is 1. The van der Waals surface area contributed by atoms with Crippen LogP contribution in [-0.2, 0) is 14.3 Å². The summed E-state index contributed by atoms with van der Waals surface area (Å²) in [6.07, 6.45) is 0.680. The third-order valence-electron chi connectivity index (χ3n) is 5.07. The van der Waals surface area contributed by atoms with E-state index in [0.717, 1.165) is 12.0 Å². The quantitative estimate of drug-likeness (QED) is 0.436. The smallest absolute Gasteiger partial charge is 0.408 e. The Morgan fingerprint density at radius 1 is 1.14 bits per heavy atom. The molecule has 0 aliphatic carbocycles. The van der Waals surface area contributed by atoms with E-state index in [0.29, 0.717) is 22.7 Å². The Bertz CT molecular complexity index is 1030. The largest absolute Gasteiger partial charge is 0.508 e. The molecule has 2 aromatic carbocycles. The maximum atomic E-state index is 13.6. The van der Waals surface area contributed by atoms with E-state index in [4.69, 9.17) is 16.3 Å². The fraction of sp³-hybridized carbons (Fsp3) is 0.423. The summed E-state index contributed by atoms with van der Waals surface area (Å²) in [6.45, 7) is 8.86. The highest BCUT2D eigenvalue weighted by atomic mass is 35.5. The van der Waals surface area contributed by atoms with E-state index < -0.39 is 29.6 Å². The van der Waals surface area contributed by atoms with Crippen molar-refractivity contribution in [2.45, 2.75) is 59.1 Å². The Morgan fingerprint density at radius 2 is 1.83 bits per heavy atom. The van der Waals surface area contributed by atoms with Crippen LogP contribution in [0.2, 0.25) is 5.02 Å².